The summed E-state index contributed by atoms with van der Waals surface area (Å²) in [7, 11) is 1.45. The minimum atomic E-state index is -1.35. The van der Waals surface area contributed by atoms with Crippen molar-refractivity contribution in [3.05, 3.63) is 59.7 Å². The summed E-state index contributed by atoms with van der Waals surface area (Å²) in [5.74, 6) is -5.37. The lowest BCUT2D eigenvalue weighted by molar-refractivity contribution is -0.143. The Morgan fingerprint density at radius 3 is 1.95 bits per heavy atom. The van der Waals surface area contributed by atoms with Crippen LogP contribution in [0.5, 0.6) is 11.5 Å². The van der Waals surface area contributed by atoms with Crippen LogP contribution in [0.1, 0.15) is 90.2 Å². The second-order valence-corrected chi connectivity index (χ2v) is 16.8. The summed E-state index contributed by atoms with van der Waals surface area (Å²) in [5.41, 5.74) is 12.2. The van der Waals surface area contributed by atoms with Crippen molar-refractivity contribution in [3.63, 3.8) is 0 Å². The van der Waals surface area contributed by atoms with Crippen LogP contribution < -0.4 is 43.4 Å². The van der Waals surface area contributed by atoms with Gasteiger partial charge in [0.1, 0.15) is 47.8 Å². The molecule has 1 saturated heterocycles. The molecule has 0 radical (unpaired) electrons. The number of rotatable bonds is 16. The minimum Gasteiger partial charge on any atom is -0.508 e. The maximum atomic E-state index is 14.7. The minimum absolute atomic E-state index is 0.0230. The Morgan fingerprint density at radius 1 is 0.815 bits per heavy atom. The Labute approximate surface area is 380 Å². The lowest BCUT2D eigenvalue weighted by Crippen LogP contribution is -2.61. The number of aromatic hydroxyl groups is 2. The molecule has 1 fully saturated rings. The van der Waals surface area contributed by atoms with Gasteiger partial charge in [-0.15, -0.1) is 0 Å². The van der Waals surface area contributed by atoms with E-state index in [1.54, 1.807) is 38.1 Å². The van der Waals surface area contributed by atoms with Crippen LogP contribution in [0.3, 0.4) is 0 Å². The van der Waals surface area contributed by atoms with E-state index in [1.807, 2.05) is 13.8 Å². The molecular weight excluding hydrogens is 841 g/mol. The number of nitrogens with two attached hydrogens (primary N) is 2. The molecule has 0 spiro atoms. The molecule has 358 valence electrons. The number of carboxylic acids is 1. The van der Waals surface area contributed by atoms with Crippen molar-refractivity contribution >= 4 is 47.5 Å². The largest absolute Gasteiger partial charge is 0.508 e. The van der Waals surface area contributed by atoms with Gasteiger partial charge >= 0.3 is 12.0 Å². The van der Waals surface area contributed by atoms with Crippen molar-refractivity contribution in [2.75, 3.05) is 20.1 Å². The third kappa shape index (κ3) is 17.5. The lowest BCUT2D eigenvalue weighted by atomic mass is 9.96. The number of carbonyl (C=O) groups excluding carboxylic acids is 6. The van der Waals surface area contributed by atoms with Crippen LogP contribution >= 0.6 is 0 Å². The number of hydrogen-bond donors (Lipinski definition) is 11. The first-order valence-corrected chi connectivity index (χ1v) is 22.2. The highest BCUT2D eigenvalue weighted by molar-refractivity contribution is 5.96. The smallest absolute Gasteiger partial charge is 0.326 e. The number of amides is 7. The summed E-state index contributed by atoms with van der Waals surface area (Å²) in [6.07, 6.45) is 2.11. The van der Waals surface area contributed by atoms with Gasteiger partial charge in [-0.2, -0.15) is 0 Å². The van der Waals surface area contributed by atoms with E-state index in [0.29, 0.717) is 19.3 Å². The molecule has 1 unspecified atom stereocenters. The van der Waals surface area contributed by atoms with E-state index in [0.717, 1.165) is 11.1 Å². The molecule has 0 aromatic heterocycles. The molecule has 0 aliphatic carbocycles. The number of nitrogens with zero attached hydrogens (tertiary/aromatic N) is 2. The van der Waals surface area contributed by atoms with Crippen molar-refractivity contribution in [1.29, 1.82) is 0 Å². The summed E-state index contributed by atoms with van der Waals surface area (Å²) in [6, 6.07) is 4.63. The van der Waals surface area contributed by atoms with Crippen LogP contribution in [0, 0.1) is 11.8 Å². The van der Waals surface area contributed by atoms with Gasteiger partial charge in [-0.25, -0.2) is 9.59 Å². The molecule has 2 aromatic carbocycles. The summed E-state index contributed by atoms with van der Waals surface area (Å²) in [4.78, 5) is 102. The fourth-order valence-electron chi connectivity index (χ4n) is 7.28. The van der Waals surface area contributed by atoms with Crippen LogP contribution in [-0.4, -0.2) is 124 Å². The first kappa shape index (κ1) is 52.7. The zero-order chi connectivity index (χ0) is 48.2. The first-order chi connectivity index (χ1) is 30.8. The third-order valence-corrected chi connectivity index (χ3v) is 11.5. The molecule has 20 heteroatoms. The van der Waals surface area contributed by atoms with Gasteiger partial charge in [0.2, 0.25) is 29.5 Å². The molecule has 3 rings (SSSR count). The lowest BCUT2D eigenvalue weighted by Gasteiger charge is -2.33. The van der Waals surface area contributed by atoms with Crippen molar-refractivity contribution in [1.82, 2.24) is 36.8 Å². The summed E-state index contributed by atoms with van der Waals surface area (Å²) in [6.45, 7) is 7.34. The summed E-state index contributed by atoms with van der Waals surface area (Å²) >= 11 is 0. The number of carboxylic acid groups (broad SMARTS) is 1. The predicted octanol–water partition coefficient (Wildman–Crippen LogP) is 1.12. The number of carbonyl (C=O) groups is 7. The van der Waals surface area contributed by atoms with Crippen molar-refractivity contribution in [2.24, 2.45) is 28.3 Å². The van der Waals surface area contributed by atoms with Crippen LogP contribution in [0.15, 0.2) is 53.5 Å². The van der Waals surface area contributed by atoms with Crippen LogP contribution in [0.4, 0.5) is 4.79 Å². The molecule has 0 bridgehead atoms. The van der Waals surface area contributed by atoms with Gasteiger partial charge in [0, 0.05) is 20.1 Å². The Balaban J connectivity index is 2.03. The van der Waals surface area contributed by atoms with Gasteiger partial charge in [0.15, 0.2) is 5.96 Å². The summed E-state index contributed by atoms with van der Waals surface area (Å²) < 4.78 is 0. The van der Waals surface area contributed by atoms with Crippen LogP contribution in [-0.2, 0) is 41.6 Å². The molecular formula is C45H68N10O10. The Bertz CT molecular complexity index is 1940. The molecule has 2 aromatic rings. The maximum Gasteiger partial charge on any atom is 0.326 e. The van der Waals surface area contributed by atoms with E-state index in [4.69, 9.17) is 11.5 Å². The van der Waals surface area contributed by atoms with E-state index in [9.17, 15) is 48.9 Å². The molecule has 1 heterocycles. The molecule has 0 saturated carbocycles. The van der Waals surface area contributed by atoms with Gasteiger partial charge in [0.25, 0.3) is 0 Å². The number of phenols is 2. The first-order valence-electron chi connectivity index (χ1n) is 22.2. The average Bonchev–Trinajstić information content (AvgIpc) is 3.26. The molecule has 13 N–H and O–H groups in total. The topological polar surface area (TPSA) is 320 Å². The number of nitrogens with one attached hydrogen (secondary N) is 6. The van der Waals surface area contributed by atoms with Crippen molar-refractivity contribution in [3.8, 4) is 11.5 Å². The molecule has 20 nitrogen and oxygen atoms in total. The predicted molar refractivity (Wildman–Crippen MR) is 243 cm³/mol. The second kappa shape index (κ2) is 26.3. The number of aryl methyl sites for hydroxylation is 2. The van der Waals surface area contributed by atoms with E-state index in [1.165, 1.54) is 36.2 Å². The number of phenolic OH excluding ortho intramolecular Hbond substituents is 2. The van der Waals surface area contributed by atoms with Gasteiger partial charge < -0.3 is 63.6 Å². The normalized spacial score (nSPS) is 21.5. The fourth-order valence-corrected chi connectivity index (χ4v) is 7.28. The van der Waals surface area contributed by atoms with Gasteiger partial charge in [-0.05, 0) is 105 Å². The number of aliphatic carboxylic acids is 1. The molecule has 1 aliphatic heterocycles. The number of urea groups is 1. The molecule has 65 heavy (non-hydrogen) atoms. The highest BCUT2D eigenvalue weighted by atomic mass is 16.4. The Morgan fingerprint density at radius 2 is 1.40 bits per heavy atom. The monoisotopic (exact) mass is 909 g/mol. The zero-order valence-electron chi connectivity index (χ0n) is 38.0. The number of benzene rings is 2. The summed E-state index contributed by atoms with van der Waals surface area (Å²) in [5, 5.41) is 45.8. The quantitative estimate of drug-likeness (QED) is 0.0642. The van der Waals surface area contributed by atoms with Gasteiger partial charge in [-0.1, -0.05) is 58.4 Å². The Kier molecular flexibility index (Phi) is 21.3. The number of hydrogen-bond acceptors (Lipinski definition) is 10. The highest BCUT2D eigenvalue weighted by Gasteiger charge is 2.37. The number of guanidine groups is 1. The molecule has 7 amide bonds. The van der Waals surface area contributed by atoms with Gasteiger partial charge in [0.05, 0.1) is 0 Å². The van der Waals surface area contributed by atoms with Crippen LogP contribution in [0.25, 0.3) is 0 Å². The average molecular weight is 909 g/mol. The number of aliphatic imine (C=N–C) groups is 1. The van der Waals surface area contributed by atoms with Crippen molar-refractivity contribution in [2.45, 2.75) is 128 Å². The zero-order valence-corrected chi connectivity index (χ0v) is 38.0. The van der Waals surface area contributed by atoms with Crippen molar-refractivity contribution < 1.29 is 48.9 Å². The van der Waals surface area contributed by atoms with Gasteiger partial charge in [-0.3, -0.25) is 29.0 Å². The second-order valence-electron chi connectivity index (χ2n) is 16.8. The maximum absolute atomic E-state index is 14.7. The van der Waals surface area contributed by atoms with E-state index in [-0.39, 0.29) is 81.4 Å². The Hall–Kier alpha value is -6.60. The molecule has 1 aliphatic rings. The number of likely N-dealkylation sites (N-methyl/N-ethyl adjacent to an activating group) is 1. The standard InChI is InChI=1S/C45H68N10O10/c1-6-27(4)37-40(60)48-24-8-7-10-32(51-45(65)52-34(43(63)64)11-9-25-49-44(46)47)38(58)53-36(26(2)3)41(61)50-33(22-16-28-12-18-30(56)19-13-28)42(62)55(5)35(39(59)54-37)23-17-29-14-20-31(57)21-15-29/h12-15,18-21,26-27,32-37,56-57H,6-11,16-17,22-25H2,1-5H3,(H,48,60)(H,50,61)(H,53,58)(H,54,59)(H,63,64)(H4,46,47,49)(H2,51,52,65)/t27-,32+,33-,34-,35?,36-,37-/m0/s1. The van der Waals surface area contributed by atoms with E-state index in [2.05, 4.69) is 36.9 Å². The SMILES string of the molecule is CC[C@H](C)[C@@H]1NC(=O)C(CCc2ccc(O)cc2)N(C)C(=O)[C@H](CCc2ccc(O)cc2)NC(=O)[C@H](C(C)C)NC(=O)[C@H](NC(=O)N[C@@H](CCCN=C(N)N)C(=O)O)CCCCNC1=O. The van der Waals surface area contributed by atoms with E-state index < -0.39 is 83.7 Å². The highest BCUT2D eigenvalue weighted by Crippen LogP contribution is 2.19. The van der Waals surface area contributed by atoms with Crippen LogP contribution in [0.2, 0.25) is 0 Å². The fraction of sp³-hybridized carbons (Fsp3) is 0.556. The molecule has 7 atom stereocenters. The third-order valence-electron chi connectivity index (χ3n) is 11.5. The van der Waals surface area contributed by atoms with E-state index >= 15 is 0 Å².